The first kappa shape index (κ1) is 25.0. The molecular weight excluding hydrogens is 430 g/mol. The number of nitrogens with zero attached hydrogens (tertiary/aromatic N) is 4. The van der Waals surface area contributed by atoms with E-state index in [9.17, 15) is 15.3 Å². The number of carbonyl (C=O) groups is 1. The minimum atomic E-state index is -0.494. The topological polar surface area (TPSA) is 101 Å². The number of aryl methyl sites for hydroxylation is 1. The van der Waals surface area contributed by atoms with Crippen LogP contribution in [0.25, 0.3) is 5.70 Å². The lowest BCUT2D eigenvalue weighted by Crippen LogP contribution is -2.40. The quantitative estimate of drug-likeness (QED) is 0.269. The summed E-state index contributed by atoms with van der Waals surface area (Å²) in [5.74, 6) is 0.300. The van der Waals surface area contributed by atoms with Crippen LogP contribution < -0.4 is 10.1 Å². The summed E-state index contributed by atoms with van der Waals surface area (Å²) in [6.45, 7) is 9.10. The van der Waals surface area contributed by atoms with Crippen molar-refractivity contribution in [2.24, 2.45) is 4.99 Å². The largest absolute Gasteiger partial charge is 0.496 e. The molecule has 34 heavy (non-hydrogen) atoms. The van der Waals surface area contributed by atoms with E-state index in [4.69, 9.17) is 4.74 Å². The number of amides is 1. The molecule has 2 aromatic carbocycles. The molecule has 3 rings (SSSR count). The van der Waals surface area contributed by atoms with Crippen LogP contribution in [0.15, 0.2) is 47.0 Å². The fraction of sp³-hybridized carbons (Fsp3) is 0.346. The first-order chi connectivity index (χ1) is 16.3. The number of hydrogen-bond acceptors (Lipinski definition) is 7. The second-order valence-electron chi connectivity index (χ2n) is 8.51. The Morgan fingerprint density at radius 2 is 2.15 bits per heavy atom. The number of hydroxylamine groups is 2. The van der Waals surface area contributed by atoms with Gasteiger partial charge in [-0.3, -0.25) is 15.0 Å². The van der Waals surface area contributed by atoms with Gasteiger partial charge in [-0.25, -0.2) is 5.06 Å². The van der Waals surface area contributed by atoms with E-state index in [2.05, 4.69) is 28.0 Å². The molecule has 1 aliphatic heterocycles. The summed E-state index contributed by atoms with van der Waals surface area (Å²) in [6.07, 6.45) is 0.698. The molecule has 0 aromatic heterocycles. The fourth-order valence-corrected chi connectivity index (χ4v) is 4.17. The standard InChI is InChI=1S/C26H31N5O3/c1-17-12-20(7-9-24(17)34-5)15-29-25(22-13-19(14-27)6-8-23(22)28-3)18(2)26(32)31(33)21-10-11-30(4)16-21/h6-9,12-13,21,29,33H,3,10-11,15-16H2,1-2,4-5H3/b25-18-. The molecule has 1 saturated heterocycles. The van der Waals surface area contributed by atoms with Crippen LogP contribution in [0.3, 0.4) is 0 Å². The zero-order valence-electron chi connectivity index (χ0n) is 20.1. The highest BCUT2D eigenvalue weighted by Crippen LogP contribution is 2.30. The number of ether oxygens (including phenoxy) is 1. The second-order valence-corrected chi connectivity index (χ2v) is 8.51. The zero-order chi connectivity index (χ0) is 24.8. The van der Waals surface area contributed by atoms with Gasteiger partial charge in [-0.05, 0) is 69.4 Å². The number of likely N-dealkylation sites (tertiary alicyclic amines) is 1. The molecule has 0 radical (unpaired) electrons. The number of nitriles is 1. The predicted octanol–water partition coefficient (Wildman–Crippen LogP) is 3.65. The number of benzene rings is 2. The number of nitrogens with one attached hydrogen (secondary N) is 1. The van der Waals surface area contributed by atoms with Gasteiger partial charge in [-0.2, -0.15) is 5.26 Å². The van der Waals surface area contributed by atoms with Crippen LogP contribution in [0.5, 0.6) is 5.75 Å². The summed E-state index contributed by atoms with van der Waals surface area (Å²) in [6, 6.07) is 12.7. The highest BCUT2D eigenvalue weighted by atomic mass is 16.5. The van der Waals surface area contributed by atoms with E-state index in [1.807, 2.05) is 32.2 Å². The van der Waals surface area contributed by atoms with Crippen LogP contribution in [0.2, 0.25) is 0 Å². The van der Waals surface area contributed by atoms with Gasteiger partial charge in [-0.1, -0.05) is 12.1 Å². The van der Waals surface area contributed by atoms with E-state index < -0.39 is 5.91 Å². The summed E-state index contributed by atoms with van der Waals surface area (Å²) in [7, 11) is 3.59. The Kier molecular flexibility index (Phi) is 8.05. The first-order valence-corrected chi connectivity index (χ1v) is 11.1. The van der Waals surface area contributed by atoms with Crippen molar-refractivity contribution >= 4 is 24.0 Å². The minimum absolute atomic E-state index is 0.277. The lowest BCUT2D eigenvalue weighted by atomic mass is 10.0. The van der Waals surface area contributed by atoms with Gasteiger partial charge in [0.25, 0.3) is 5.91 Å². The van der Waals surface area contributed by atoms with Gasteiger partial charge < -0.3 is 15.0 Å². The van der Waals surface area contributed by atoms with Crippen molar-refractivity contribution in [2.75, 3.05) is 27.2 Å². The summed E-state index contributed by atoms with van der Waals surface area (Å²) in [4.78, 5) is 19.4. The van der Waals surface area contributed by atoms with Crippen LogP contribution in [0.4, 0.5) is 5.69 Å². The van der Waals surface area contributed by atoms with Crippen molar-refractivity contribution < 1.29 is 14.7 Å². The van der Waals surface area contributed by atoms with Crippen LogP contribution >= 0.6 is 0 Å². The Labute approximate surface area is 200 Å². The molecule has 0 bridgehead atoms. The Bertz CT molecular complexity index is 1150. The normalized spacial score (nSPS) is 16.4. The number of aliphatic imine (C=N–C) groups is 1. The van der Waals surface area contributed by atoms with Crippen molar-refractivity contribution in [3.8, 4) is 11.8 Å². The maximum atomic E-state index is 13.3. The summed E-state index contributed by atoms with van der Waals surface area (Å²) < 4.78 is 5.34. The average Bonchev–Trinajstić information content (AvgIpc) is 3.29. The molecule has 8 heteroatoms. The molecule has 8 nitrogen and oxygen atoms in total. The molecule has 0 spiro atoms. The Hall–Kier alpha value is -3.67. The van der Waals surface area contributed by atoms with Gasteiger partial charge in [-0.15, -0.1) is 0 Å². The van der Waals surface area contributed by atoms with E-state index >= 15 is 0 Å². The number of hydrogen-bond donors (Lipinski definition) is 2. The van der Waals surface area contributed by atoms with Gasteiger partial charge >= 0.3 is 0 Å². The van der Waals surface area contributed by atoms with Gasteiger partial charge in [0.05, 0.1) is 36.2 Å². The van der Waals surface area contributed by atoms with E-state index in [-0.39, 0.29) is 6.04 Å². The van der Waals surface area contributed by atoms with Crippen molar-refractivity contribution in [3.05, 3.63) is 64.2 Å². The Balaban J connectivity index is 2.01. The van der Waals surface area contributed by atoms with E-state index in [1.54, 1.807) is 32.2 Å². The van der Waals surface area contributed by atoms with Crippen molar-refractivity contribution in [2.45, 2.75) is 32.9 Å². The number of rotatable bonds is 8. The molecule has 1 unspecified atom stereocenters. The lowest BCUT2D eigenvalue weighted by Gasteiger charge is -2.24. The fourth-order valence-electron chi connectivity index (χ4n) is 4.17. The minimum Gasteiger partial charge on any atom is -0.496 e. The number of carbonyl (C=O) groups excluding carboxylic acids is 1. The van der Waals surface area contributed by atoms with Gasteiger partial charge in [0.15, 0.2) is 0 Å². The Morgan fingerprint density at radius 3 is 2.74 bits per heavy atom. The molecule has 0 aliphatic carbocycles. The smallest absolute Gasteiger partial charge is 0.275 e. The SMILES string of the molecule is C=Nc1ccc(C#N)cc1/C(NCc1ccc(OC)c(C)c1)=C(\C)C(=O)N(O)C1CCN(C)C1. The molecule has 0 saturated carbocycles. The molecule has 1 atom stereocenters. The van der Waals surface area contributed by atoms with E-state index in [0.29, 0.717) is 47.6 Å². The molecule has 2 N–H and O–H groups in total. The van der Waals surface area contributed by atoms with Crippen molar-refractivity contribution in [1.29, 1.82) is 5.26 Å². The summed E-state index contributed by atoms with van der Waals surface area (Å²) in [5.41, 5.74) is 4.32. The maximum absolute atomic E-state index is 13.3. The predicted molar refractivity (Wildman–Crippen MR) is 132 cm³/mol. The first-order valence-electron chi connectivity index (χ1n) is 11.1. The maximum Gasteiger partial charge on any atom is 0.275 e. The van der Waals surface area contributed by atoms with Crippen LogP contribution in [-0.4, -0.2) is 61.1 Å². The van der Waals surface area contributed by atoms with Gasteiger partial charge in [0, 0.05) is 30.8 Å². The molecule has 1 fully saturated rings. The monoisotopic (exact) mass is 461 g/mol. The summed E-state index contributed by atoms with van der Waals surface area (Å²) >= 11 is 0. The average molecular weight is 462 g/mol. The highest BCUT2D eigenvalue weighted by Gasteiger charge is 2.30. The zero-order valence-corrected chi connectivity index (χ0v) is 20.1. The van der Waals surface area contributed by atoms with Crippen LogP contribution in [0, 0.1) is 18.3 Å². The second kappa shape index (κ2) is 11.0. The molecule has 2 aromatic rings. The third-order valence-corrected chi connectivity index (χ3v) is 6.11. The van der Waals surface area contributed by atoms with E-state index in [0.717, 1.165) is 28.5 Å². The molecule has 1 heterocycles. The van der Waals surface area contributed by atoms with Crippen molar-refractivity contribution in [1.82, 2.24) is 15.3 Å². The van der Waals surface area contributed by atoms with Crippen molar-refractivity contribution in [3.63, 3.8) is 0 Å². The number of likely N-dealkylation sites (N-methyl/N-ethyl adjacent to an activating group) is 1. The number of methoxy groups -OCH3 is 1. The van der Waals surface area contributed by atoms with E-state index in [1.165, 1.54) is 0 Å². The van der Waals surface area contributed by atoms with Crippen LogP contribution in [-0.2, 0) is 11.3 Å². The van der Waals surface area contributed by atoms with Crippen LogP contribution in [0.1, 0.15) is 35.6 Å². The summed E-state index contributed by atoms with van der Waals surface area (Å²) in [5, 5.41) is 24.3. The van der Waals surface area contributed by atoms with Gasteiger partial charge in [0.2, 0.25) is 0 Å². The third kappa shape index (κ3) is 5.45. The third-order valence-electron chi connectivity index (χ3n) is 6.11. The van der Waals surface area contributed by atoms with Gasteiger partial charge in [0.1, 0.15) is 5.75 Å². The molecular formula is C26H31N5O3. The molecule has 178 valence electrons. The highest BCUT2D eigenvalue weighted by molar-refractivity contribution is 6.01. The Morgan fingerprint density at radius 1 is 1.38 bits per heavy atom. The molecule has 1 aliphatic rings. The lowest BCUT2D eigenvalue weighted by molar-refractivity contribution is -0.169. The molecule has 1 amide bonds.